The molecule has 0 aliphatic rings. The van der Waals surface area contributed by atoms with Crippen LogP contribution in [0.15, 0.2) is 29.8 Å². The minimum absolute atomic E-state index is 0.574. The molecular formula is C8H11NO. The molecule has 0 amide bonds. The number of rotatable bonds is 5. The summed E-state index contributed by atoms with van der Waals surface area (Å²) in [6, 6.07) is 0. The van der Waals surface area contributed by atoms with E-state index in [1.807, 2.05) is 12.2 Å². The molecule has 0 aromatic heterocycles. The van der Waals surface area contributed by atoms with Crippen molar-refractivity contribution in [1.82, 2.24) is 0 Å². The zero-order valence-corrected chi connectivity index (χ0v) is 5.92. The Morgan fingerprint density at radius 3 is 3.00 bits per heavy atom. The van der Waals surface area contributed by atoms with Crippen molar-refractivity contribution in [2.45, 2.75) is 12.8 Å². The summed E-state index contributed by atoms with van der Waals surface area (Å²) < 4.78 is 0. The van der Waals surface area contributed by atoms with Crippen molar-refractivity contribution in [2.75, 3.05) is 6.54 Å². The average Bonchev–Trinajstić information content (AvgIpc) is 1.97. The van der Waals surface area contributed by atoms with Gasteiger partial charge in [0.05, 0.1) is 6.54 Å². The van der Waals surface area contributed by atoms with E-state index in [2.05, 4.69) is 11.6 Å². The zero-order valence-electron chi connectivity index (χ0n) is 5.92. The Bertz CT molecular complexity index is 155. The molecule has 2 heteroatoms. The molecule has 54 valence electrons. The molecule has 0 saturated heterocycles. The Morgan fingerprint density at radius 2 is 2.40 bits per heavy atom. The molecule has 0 N–H and O–H groups in total. The van der Waals surface area contributed by atoms with Crippen LogP contribution in [0, 0.1) is 0 Å². The summed E-state index contributed by atoms with van der Waals surface area (Å²) in [6.45, 7) is 4.10. The standard InChI is InChI=1S/C8H11NO/c1-2-3-4-5-6-7-9-8-10/h2-4H,1,5-7H2/b4-3+. The lowest BCUT2D eigenvalue weighted by Crippen LogP contribution is -1.76. The smallest absolute Gasteiger partial charge is 0.211 e. The molecule has 0 saturated carbocycles. The lowest BCUT2D eigenvalue weighted by molar-refractivity contribution is 0.562. The Balaban J connectivity index is 3.12. The summed E-state index contributed by atoms with van der Waals surface area (Å²) in [5.41, 5.74) is 0. The SMILES string of the molecule is C=C/C=C/CCCN=C=O. The van der Waals surface area contributed by atoms with Gasteiger partial charge in [-0.15, -0.1) is 0 Å². The maximum absolute atomic E-state index is 9.57. The first-order valence-electron chi connectivity index (χ1n) is 3.23. The summed E-state index contributed by atoms with van der Waals surface area (Å²) in [6.07, 6.45) is 8.93. The second-order valence-corrected chi connectivity index (χ2v) is 1.78. The van der Waals surface area contributed by atoms with Gasteiger partial charge >= 0.3 is 0 Å². The second-order valence-electron chi connectivity index (χ2n) is 1.78. The van der Waals surface area contributed by atoms with Gasteiger partial charge in [-0.2, -0.15) is 0 Å². The lowest BCUT2D eigenvalue weighted by atomic mass is 10.3. The van der Waals surface area contributed by atoms with Crippen LogP contribution in [0.5, 0.6) is 0 Å². The van der Waals surface area contributed by atoms with Crippen molar-refractivity contribution >= 4 is 6.08 Å². The summed E-state index contributed by atoms with van der Waals surface area (Å²) in [7, 11) is 0. The van der Waals surface area contributed by atoms with Crippen LogP contribution in [-0.2, 0) is 4.79 Å². The number of unbranched alkanes of at least 4 members (excludes halogenated alkanes) is 1. The van der Waals surface area contributed by atoms with E-state index in [0.29, 0.717) is 6.54 Å². The van der Waals surface area contributed by atoms with Gasteiger partial charge in [0, 0.05) is 0 Å². The Kier molecular flexibility index (Phi) is 6.96. The van der Waals surface area contributed by atoms with Crippen LogP contribution in [0.2, 0.25) is 0 Å². The van der Waals surface area contributed by atoms with Crippen LogP contribution >= 0.6 is 0 Å². The van der Waals surface area contributed by atoms with Gasteiger partial charge in [0.2, 0.25) is 6.08 Å². The molecule has 0 aliphatic carbocycles. The molecule has 10 heavy (non-hydrogen) atoms. The predicted molar refractivity (Wildman–Crippen MR) is 41.6 cm³/mol. The van der Waals surface area contributed by atoms with Gasteiger partial charge in [-0.1, -0.05) is 24.8 Å². The Labute approximate surface area is 61.0 Å². The van der Waals surface area contributed by atoms with Crippen molar-refractivity contribution in [2.24, 2.45) is 4.99 Å². The molecule has 0 radical (unpaired) electrons. The number of hydrogen-bond donors (Lipinski definition) is 0. The minimum Gasteiger partial charge on any atom is -0.211 e. The molecule has 0 unspecified atom stereocenters. The monoisotopic (exact) mass is 137 g/mol. The molecule has 0 atom stereocenters. The maximum atomic E-state index is 9.57. The van der Waals surface area contributed by atoms with Crippen molar-refractivity contribution in [3.63, 3.8) is 0 Å². The highest BCUT2D eigenvalue weighted by Gasteiger charge is 1.78. The third-order valence-corrected chi connectivity index (χ3v) is 0.977. The van der Waals surface area contributed by atoms with Crippen LogP contribution in [-0.4, -0.2) is 12.6 Å². The van der Waals surface area contributed by atoms with Crippen LogP contribution < -0.4 is 0 Å². The van der Waals surface area contributed by atoms with Crippen molar-refractivity contribution in [3.8, 4) is 0 Å². The highest BCUT2D eigenvalue weighted by atomic mass is 16.1. The van der Waals surface area contributed by atoms with Gasteiger partial charge in [-0.3, -0.25) is 0 Å². The van der Waals surface area contributed by atoms with E-state index < -0.39 is 0 Å². The third kappa shape index (κ3) is 6.86. The number of isocyanates is 1. The van der Waals surface area contributed by atoms with E-state index in [-0.39, 0.29) is 0 Å². The van der Waals surface area contributed by atoms with Crippen molar-refractivity contribution in [1.29, 1.82) is 0 Å². The van der Waals surface area contributed by atoms with E-state index in [0.717, 1.165) is 12.8 Å². The number of hydrogen-bond acceptors (Lipinski definition) is 2. The summed E-state index contributed by atoms with van der Waals surface area (Å²) in [5.74, 6) is 0. The molecule has 0 heterocycles. The predicted octanol–water partition coefficient (Wildman–Crippen LogP) is 1.84. The number of carbonyl (C=O) groups excluding carboxylic acids is 1. The van der Waals surface area contributed by atoms with Gasteiger partial charge in [-0.05, 0) is 12.8 Å². The first-order chi connectivity index (χ1) is 4.91. The number of aliphatic imine (C=N–C) groups is 1. The first-order valence-corrected chi connectivity index (χ1v) is 3.23. The molecule has 0 rings (SSSR count). The van der Waals surface area contributed by atoms with Gasteiger partial charge in [0.25, 0.3) is 0 Å². The van der Waals surface area contributed by atoms with E-state index in [1.165, 1.54) is 6.08 Å². The molecule has 2 nitrogen and oxygen atoms in total. The first kappa shape index (κ1) is 8.86. The summed E-state index contributed by atoms with van der Waals surface area (Å²) in [4.78, 5) is 13.0. The largest absolute Gasteiger partial charge is 0.234 e. The van der Waals surface area contributed by atoms with Gasteiger partial charge in [-0.25, -0.2) is 9.79 Å². The quantitative estimate of drug-likeness (QED) is 0.246. The fourth-order valence-corrected chi connectivity index (χ4v) is 0.526. The zero-order chi connectivity index (χ0) is 7.66. The second kappa shape index (κ2) is 7.86. The van der Waals surface area contributed by atoms with Crippen LogP contribution in [0.25, 0.3) is 0 Å². The fraction of sp³-hybridized carbons (Fsp3) is 0.375. The van der Waals surface area contributed by atoms with Gasteiger partial charge < -0.3 is 0 Å². The summed E-state index contributed by atoms with van der Waals surface area (Å²) >= 11 is 0. The van der Waals surface area contributed by atoms with Crippen molar-refractivity contribution < 1.29 is 4.79 Å². The summed E-state index contributed by atoms with van der Waals surface area (Å²) in [5, 5.41) is 0. The Hall–Kier alpha value is -1.14. The maximum Gasteiger partial charge on any atom is 0.234 e. The third-order valence-electron chi connectivity index (χ3n) is 0.977. The molecule has 0 spiro atoms. The lowest BCUT2D eigenvalue weighted by Gasteiger charge is -1.84. The topological polar surface area (TPSA) is 29.4 Å². The van der Waals surface area contributed by atoms with Crippen LogP contribution in [0.3, 0.4) is 0 Å². The molecule has 0 aromatic rings. The van der Waals surface area contributed by atoms with E-state index in [4.69, 9.17) is 0 Å². The molecule has 0 aromatic carbocycles. The van der Waals surface area contributed by atoms with Crippen molar-refractivity contribution in [3.05, 3.63) is 24.8 Å². The normalized spacial score (nSPS) is 9.20. The highest BCUT2D eigenvalue weighted by Crippen LogP contribution is 1.90. The van der Waals surface area contributed by atoms with E-state index >= 15 is 0 Å². The van der Waals surface area contributed by atoms with Crippen LogP contribution in [0.4, 0.5) is 0 Å². The van der Waals surface area contributed by atoms with E-state index in [1.54, 1.807) is 6.08 Å². The highest BCUT2D eigenvalue weighted by molar-refractivity contribution is 5.32. The average molecular weight is 137 g/mol. The Morgan fingerprint density at radius 1 is 1.60 bits per heavy atom. The minimum atomic E-state index is 0.574. The molecule has 0 bridgehead atoms. The van der Waals surface area contributed by atoms with Crippen LogP contribution in [0.1, 0.15) is 12.8 Å². The molecular weight excluding hydrogens is 126 g/mol. The molecule has 0 fully saturated rings. The number of allylic oxidation sites excluding steroid dienone is 3. The molecule has 0 aliphatic heterocycles. The van der Waals surface area contributed by atoms with Gasteiger partial charge in [0.1, 0.15) is 0 Å². The van der Waals surface area contributed by atoms with Gasteiger partial charge in [0.15, 0.2) is 0 Å². The fourth-order valence-electron chi connectivity index (χ4n) is 0.526. The number of nitrogens with zero attached hydrogens (tertiary/aromatic N) is 1. The van der Waals surface area contributed by atoms with E-state index in [9.17, 15) is 4.79 Å².